The second-order valence-corrected chi connectivity index (χ2v) is 3.83. The minimum absolute atomic E-state index is 0.0187. The molecule has 1 amide bonds. The van der Waals surface area contributed by atoms with E-state index in [-0.39, 0.29) is 18.4 Å². The van der Waals surface area contributed by atoms with Gasteiger partial charge in [-0.05, 0) is 12.8 Å². The number of unbranched alkanes of at least 4 members (excludes halogenated alkanes) is 2. The van der Waals surface area contributed by atoms with E-state index >= 15 is 0 Å². The topological polar surface area (TPSA) is 66.4 Å². The normalized spacial score (nSPS) is 12.1. The molecule has 0 fully saturated rings. The highest BCUT2D eigenvalue weighted by atomic mass is 16.4. The summed E-state index contributed by atoms with van der Waals surface area (Å²) in [6.07, 6.45) is 4.83. The van der Waals surface area contributed by atoms with E-state index in [0.717, 1.165) is 25.7 Å². The van der Waals surface area contributed by atoms with Gasteiger partial charge < -0.3 is 10.4 Å². The second-order valence-electron chi connectivity index (χ2n) is 3.83. The molecule has 0 aromatic rings. The zero-order valence-corrected chi connectivity index (χ0v) is 9.58. The van der Waals surface area contributed by atoms with Crippen LogP contribution in [-0.4, -0.2) is 23.0 Å². The van der Waals surface area contributed by atoms with Gasteiger partial charge in [0.25, 0.3) is 0 Å². The van der Waals surface area contributed by atoms with Crippen molar-refractivity contribution in [2.45, 2.75) is 58.4 Å². The zero-order valence-electron chi connectivity index (χ0n) is 9.58. The van der Waals surface area contributed by atoms with Gasteiger partial charge in [0.05, 0.1) is 0 Å². The number of hydrogen-bond acceptors (Lipinski definition) is 2. The van der Waals surface area contributed by atoms with E-state index in [4.69, 9.17) is 5.11 Å². The molecule has 88 valence electrons. The number of rotatable bonds is 8. The average molecular weight is 215 g/mol. The van der Waals surface area contributed by atoms with Crippen LogP contribution in [-0.2, 0) is 9.59 Å². The van der Waals surface area contributed by atoms with Crippen LogP contribution in [0.25, 0.3) is 0 Å². The van der Waals surface area contributed by atoms with Crippen LogP contribution in [0.2, 0.25) is 0 Å². The first-order chi connectivity index (χ1) is 7.06. The smallest absolute Gasteiger partial charge is 0.303 e. The molecule has 0 aromatic heterocycles. The van der Waals surface area contributed by atoms with E-state index in [1.165, 1.54) is 6.92 Å². The largest absolute Gasteiger partial charge is 0.481 e. The molecule has 0 aliphatic rings. The molecule has 1 atom stereocenters. The Balaban J connectivity index is 3.83. The van der Waals surface area contributed by atoms with Gasteiger partial charge in [0.1, 0.15) is 0 Å². The van der Waals surface area contributed by atoms with Crippen molar-refractivity contribution in [2.75, 3.05) is 0 Å². The summed E-state index contributed by atoms with van der Waals surface area (Å²) in [6, 6.07) is 0.0187. The lowest BCUT2D eigenvalue weighted by atomic mass is 10.0. The number of hydrogen-bond donors (Lipinski definition) is 2. The van der Waals surface area contributed by atoms with E-state index in [9.17, 15) is 9.59 Å². The maximum Gasteiger partial charge on any atom is 0.303 e. The Labute approximate surface area is 91.1 Å². The van der Waals surface area contributed by atoms with E-state index in [2.05, 4.69) is 12.2 Å². The number of carboxylic acids is 1. The van der Waals surface area contributed by atoms with Crippen LogP contribution >= 0.6 is 0 Å². The third kappa shape index (κ3) is 9.25. The third-order valence-electron chi connectivity index (χ3n) is 2.27. The number of aliphatic carboxylic acids is 1. The molecule has 0 bridgehead atoms. The Morgan fingerprint density at radius 1 is 1.27 bits per heavy atom. The Kier molecular flexibility index (Phi) is 7.68. The summed E-state index contributed by atoms with van der Waals surface area (Å²) in [5.41, 5.74) is 0. The molecule has 1 unspecified atom stereocenters. The van der Waals surface area contributed by atoms with Crippen LogP contribution in [0, 0.1) is 0 Å². The van der Waals surface area contributed by atoms with Crippen molar-refractivity contribution in [1.82, 2.24) is 5.32 Å². The number of carboxylic acid groups (broad SMARTS) is 1. The summed E-state index contributed by atoms with van der Waals surface area (Å²) in [4.78, 5) is 21.3. The lowest BCUT2D eigenvalue weighted by molar-refractivity contribution is -0.137. The van der Waals surface area contributed by atoms with Crippen LogP contribution in [0.15, 0.2) is 0 Å². The van der Waals surface area contributed by atoms with E-state index in [1.807, 2.05) is 0 Å². The Bertz CT molecular complexity index is 204. The molecule has 4 heteroatoms. The number of carbonyl (C=O) groups is 2. The molecule has 0 radical (unpaired) electrons. The van der Waals surface area contributed by atoms with Crippen LogP contribution in [0.1, 0.15) is 52.4 Å². The SMILES string of the molecule is CCCCCC(CCC(=O)O)NC(C)=O. The van der Waals surface area contributed by atoms with Gasteiger partial charge in [-0.3, -0.25) is 9.59 Å². The molecular weight excluding hydrogens is 194 g/mol. The number of carbonyl (C=O) groups excluding carboxylic acids is 1. The molecule has 15 heavy (non-hydrogen) atoms. The molecule has 0 aliphatic carbocycles. The lowest BCUT2D eigenvalue weighted by Crippen LogP contribution is -2.33. The summed E-state index contributed by atoms with van der Waals surface area (Å²) in [5, 5.41) is 11.3. The summed E-state index contributed by atoms with van der Waals surface area (Å²) >= 11 is 0. The summed E-state index contributed by atoms with van der Waals surface area (Å²) in [7, 11) is 0. The van der Waals surface area contributed by atoms with Gasteiger partial charge >= 0.3 is 5.97 Å². The van der Waals surface area contributed by atoms with Gasteiger partial charge in [-0.1, -0.05) is 26.2 Å². The minimum atomic E-state index is -0.805. The molecule has 0 heterocycles. The Morgan fingerprint density at radius 3 is 2.40 bits per heavy atom. The summed E-state index contributed by atoms with van der Waals surface area (Å²) in [6.45, 7) is 3.58. The molecule has 0 saturated carbocycles. The van der Waals surface area contributed by atoms with Gasteiger partial charge in [0.2, 0.25) is 5.91 Å². The maximum atomic E-state index is 10.9. The fraction of sp³-hybridized carbons (Fsp3) is 0.818. The Morgan fingerprint density at radius 2 is 1.93 bits per heavy atom. The van der Waals surface area contributed by atoms with Gasteiger partial charge in [0, 0.05) is 19.4 Å². The first-order valence-electron chi connectivity index (χ1n) is 5.55. The molecular formula is C11H21NO3. The lowest BCUT2D eigenvalue weighted by Gasteiger charge is -2.16. The molecule has 0 rings (SSSR count). The van der Waals surface area contributed by atoms with Crippen molar-refractivity contribution in [3.8, 4) is 0 Å². The van der Waals surface area contributed by atoms with Crippen molar-refractivity contribution in [3.63, 3.8) is 0 Å². The fourth-order valence-electron chi connectivity index (χ4n) is 1.51. The van der Waals surface area contributed by atoms with Crippen molar-refractivity contribution in [3.05, 3.63) is 0 Å². The molecule has 2 N–H and O–H groups in total. The predicted octanol–water partition coefficient (Wildman–Crippen LogP) is 1.94. The van der Waals surface area contributed by atoms with Crippen LogP contribution in [0.4, 0.5) is 0 Å². The van der Waals surface area contributed by atoms with Gasteiger partial charge in [0.15, 0.2) is 0 Å². The molecule has 0 spiro atoms. The zero-order chi connectivity index (χ0) is 11.7. The van der Waals surface area contributed by atoms with Crippen LogP contribution < -0.4 is 5.32 Å². The minimum Gasteiger partial charge on any atom is -0.481 e. The highest BCUT2D eigenvalue weighted by molar-refractivity contribution is 5.73. The number of nitrogens with one attached hydrogen (secondary N) is 1. The van der Waals surface area contributed by atoms with Gasteiger partial charge in [-0.25, -0.2) is 0 Å². The predicted molar refractivity (Wildman–Crippen MR) is 58.6 cm³/mol. The quantitative estimate of drug-likeness (QED) is 0.608. The fourth-order valence-corrected chi connectivity index (χ4v) is 1.51. The highest BCUT2D eigenvalue weighted by Crippen LogP contribution is 2.08. The monoisotopic (exact) mass is 215 g/mol. The standard InChI is InChI=1S/C11H21NO3/c1-3-4-5-6-10(12-9(2)13)7-8-11(14)15/h10H,3-8H2,1-2H3,(H,12,13)(H,14,15). The van der Waals surface area contributed by atoms with Crippen molar-refractivity contribution < 1.29 is 14.7 Å². The van der Waals surface area contributed by atoms with E-state index in [1.54, 1.807) is 0 Å². The molecule has 0 aliphatic heterocycles. The molecule has 0 aromatic carbocycles. The Hall–Kier alpha value is -1.06. The maximum absolute atomic E-state index is 10.9. The van der Waals surface area contributed by atoms with E-state index < -0.39 is 5.97 Å². The van der Waals surface area contributed by atoms with E-state index in [0.29, 0.717) is 6.42 Å². The summed E-state index contributed by atoms with van der Waals surface area (Å²) in [5.74, 6) is -0.886. The van der Waals surface area contributed by atoms with Crippen molar-refractivity contribution in [2.24, 2.45) is 0 Å². The average Bonchev–Trinajstić information content (AvgIpc) is 2.13. The van der Waals surface area contributed by atoms with Crippen LogP contribution in [0.5, 0.6) is 0 Å². The number of amides is 1. The molecule has 0 saturated heterocycles. The second kappa shape index (κ2) is 8.26. The van der Waals surface area contributed by atoms with Gasteiger partial charge in [-0.2, -0.15) is 0 Å². The highest BCUT2D eigenvalue weighted by Gasteiger charge is 2.11. The van der Waals surface area contributed by atoms with Crippen LogP contribution in [0.3, 0.4) is 0 Å². The third-order valence-corrected chi connectivity index (χ3v) is 2.27. The van der Waals surface area contributed by atoms with Gasteiger partial charge in [-0.15, -0.1) is 0 Å². The van der Waals surface area contributed by atoms with Crippen molar-refractivity contribution >= 4 is 11.9 Å². The van der Waals surface area contributed by atoms with Crippen molar-refractivity contribution in [1.29, 1.82) is 0 Å². The molecule has 4 nitrogen and oxygen atoms in total. The first kappa shape index (κ1) is 13.9. The first-order valence-corrected chi connectivity index (χ1v) is 5.55. The summed E-state index contributed by atoms with van der Waals surface area (Å²) < 4.78 is 0.